The first-order chi connectivity index (χ1) is 13.7. The number of hydrogen-bond acceptors (Lipinski definition) is 8. The van der Waals surface area contributed by atoms with Crippen LogP contribution in [0, 0.1) is 0 Å². The van der Waals surface area contributed by atoms with Gasteiger partial charge in [0.15, 0.2) is 10.8 Å². The standard InChI is InChI=1S/C17H14N4O6S2/c1-27-13-5-3-2-4-12(13)21-16(23)14(15(22)18-17(21)28)20-19-10-6-8-11(9-7-10)29(24,25)26/h2-9,19H,1H3,(H,18,22,28)(H,24,25,26)/b20-14-. The molecule has 0 aromatic heterocycles. The fraction of sp³-hybridized carbons (Fsp3) is 0.0588. The Bertz CT molecular complexity index is 1130. The lowest BCUT2D eigenvalue weighted by Gasteiger charge is -2.28. The highest BCUT2D eigenvalue weighted by molar-refractivity contribution is 7.85. The zero-order valence-electron chi connectivity index (χ0n) is 14.9. The molecule has 1 saturated heterocycles. The van der Waals surface area contributed by atoms with Crippen LogP contribution in [0.5, 0.6) is 5.75 Å². The third-order valence-corrected chi connectivity index (χ3v) is 5.02. The first kappa shape index (κ1) is 20.5. The SMILES string of the molecule is COc1ccccc1N1C(=O)/C(=N\[NH2+]c2ccc(S(=O)(=O)[O-])cc2)C(=O)NC1=S. The second kappa shape index (κ2) is 8.05. The van der Waals surface area contributed by atoms with Crippen LogP contribution in [0.25, 0.3) is 0 Å². The number of nitrogens with zero attached hydrogens (tertiary/aromatic N) is 2. The van der Waals surface area contributed by atoms with E-state index in [2.05, 4.69) is 10.4 Å². The fourth-order valence-corrected chi connectivity index (χ4v) is 3.26. The van der Waals surface area contributed by atoms with E-state index in [0.717, 1.165) is 17.0 Å². The molecule has 0 radical (unpaired) electrons. The Morgan fingerprint density at radius 1 is 1.14 bits per heavy atom. The minimum atomic E-state index is -4.57. The molecule has 10 nitrogen and oxygen atoms in total. The second-order valence-corrected chi connectivity index (χ2v) is 7.47. The smallest absolute Gasteiger partial charge is 0.294 e. The molecule has 3 rings (SSSR count). The van der Waals surface area contributed by atoms with Crippen molar-refractivity contribution in [3.8, 4) is 5.75 Å². The van der Waals surface area contributed by atoms with Crippen LogP contribution < -0.4 is 20.4 Å². The molecule has 0 saturated carbocycles. The number of amides is 2. The molecular weight excluding hydrogens is 420 g/mol. The third kappa shape index (κ3) is 4.30. The molecule has 1 aliphatic heterocycles. The average molecular weight is 434 g/mol. The largest absolute Gasteiger partial charge is 0.744 e. The van der Waals surface area contributed by atoms with Gasteiger partial charge in [-0.05, 0) is 36.5 Å². The van der Waals surface area contributed by atoms with Crippen molar-refractivity contribution in [1.29, 1.82) is 0 Å². The van der Waals surface area contributed by atoms with Gasteiger partial charge >= 0.3 is 0 Å². The van der Waals surface area contributed by atoms with E-state index in [0.29, 0.717) is 17.1 Å². The zero-order chi connectivity index (χ0) is 21.2. The summed E-state index contributed by atoms with van der Waals surface area (Å²) in [6.45, 7) is 0. The third-order valence-electron chi connectivity index (χ3n) is 3.88. The molecule has 2 aromatic carbocycles. The van der Waals surface area contributed by atoms with E-state index >= 15 is 0 Å². The maximum Gasteiger partial charge on any atom is 0.294 e. The Morgan fingerprint density at radius 3 is 2.41 bits per heavy atom. The lowest BCUT2D eigenvalue weighted by Crippen LogP contribution is -2.74. The summed E-state index contributed by atoms with van der Waals surface area (Å²) in [6.07, 6.45) is 0. The molecule has 0 spiro atoms. The van der Waals surface area contributed by atoms with Crippen LogP contribution in [-0.2, 0) is 19.7 Å². The quantitative estimate of drug-likeness (QED) is 0.214. The van der Waals surface area contributed by atoms with Crippen molar-refractivity contribution in [1.82, 2.24) is 5.32 Å². The minimum Gasteiger partial charge on any atom is -0.744 e. The summed E-state index contributed by atoms with van der Waals surface area (Å²) >= 11 is 5.12. The number of thiocarbonyl (C=S) groups is 1. The molecule has 1 heterocycles. The second-order valence-electron chi connectivity index (χ2n) is 5.70. The lowest BCUT2D eigenvalue weighted by atomic mass is 10.2. The highest BCUT2D eigenvalue weighted by Gasteiger charge is 2.38. The van der Waals surface area contributed by atoms with Crippen LogP contribution in [0.3, 0.4) is 0 Å². The zero-order valence-corrected chi connectivity index (χ0v) is 16.5. The van der Waals surface area contributed by atoms with Gasteiger partial charge in [-0.1, -0.05) is 17.2 Å². The first-order valence-corrected chi connectivity index (χ1v) is 9.84. The van der Waals surface area contributed by atoms with Crippen LogP contribution in [0.1, 0.15) is 0 Å². The Labute approximate surface area is 170 Å². The molecule has 3 N–H and O–H groups in total. The Balaban J connectivity index is 1.89. The van der Waals surface area contributed by atoms with Crippen molar-refractivity contribution in [2.75, 3.05) is 12.0 Å². The van der Waals surface area contributed by atoms with Crippen molar-refractivity contribution < 1.29 is 32.7 Å². The maximum absolute atomic E-state index is 12.9. The normalized spacial score (nSPS) is 16.1. The van der Waals surface area contributed by atoms with Gasteiger partial charge in [0.25, 0.3) is 11.8 Å². The van der Waals surface area contributed by atoms with Gasteiger partial charge in [0.2, 0.25) is 5.71 Å². The Morgan fingerprint density at radius 2 is 1.79 bits per heavy atom. The predicted molar refractivity (Wildman–Crippen MR) is 105 cm³/mol. The monoisotopic (exact) mass is 434 g/mol. The number of nitrogens with one attached hydrogen (secondary N) is 1. The molecule has 0 unspecified atom stereocenters. The number of hydrogen-bond donors (Lipinski definition) is 2. The van der Waals surface area contributed by atoms with E-state index in [9.17, 15) is 22.6 Å². The van der Waals surface area contributed by atoms with Crippen molar-refractivity contribution in [3.05, 3.63) is 48.5 Å². The van der Waals surface area contributed by atoms with Gasteiger partial charge < -0.3 is 9.29 Å². The van der Waals surface area contributed by atoms with Gasteiger partial charge in [0, 0.05) is 12.1 Å². The summed E-state index contributed by atoms with van der Waals surface area (Å²) in [6, 6.07) is 11.5. The number of rotatable bonds is 5. The van der Waals surface area contributed by atoms with E-state index in [-0.39, 0.29) is 5.11 Å². The minimum absolute atomic E-state index is 0.117. The molecule has 0 atom stereocenters. The molecule has 1 fully saturated rings. The summed E-state index contributed by atoms with van der Waals surface area (Å²) in [5, 5.41) is 6.21. The summed E-state index contributed by atoms with van der Waals surface area (Å²) in [4.78, 5) is 25.8. The number of nitrogens with two attached hydrogens (primary N) is 1. The van der Waals surface area contributed by atoms with E-state index in [1.807, 2.05) is 0 Å². The molecule has 150 valence electrons. The predicted octanol–water partition coefficient (Wildman–Crippen LogP) is -0.402. The fourth-order valence-electron chi connectivity index (χ4n) is 2.51. The summed E-state index contributed by atoms with van der Waals surface area (Å²) < 4.78 is 38.1. The van der Waals surface area contributed by atoms with Crippen LogP contribution in [0.15, 0.2) is 58.5 Å². The topological polar surface area (TPSA) is 145 Å². The number of anilines is 1. The Kier molecular flexibility index (Phi) is 5.70. The van der Waals surface area contributed by atoms with Gasteiger partial charge in [-0.2, -0.15) is 5.43 Å². The number of benzene rings is 2. The van der Waals surface area contributed by atoms with E-state index < -0.39 is 32.5 Å². The van der Waals surface area contributed by atoms with Crippen LogP contribution in [0.4, 0.5) is 11.4 Å². The molecular formula is C17H14N4O6S2. The molecule has 2 aromatic rings. The van der Waals surface area contributed by atoms with Crippen molar-refractivity contribution in [3.63, 3.8) is 0 Å². The van der Waals surface area contributed by atoms with E-state index in [1.165, 1.54) is 24.7 Å². The highest BCUT2D eigenvalue weighted by Crippen LogP contribution is 2.29. The molecule has 2 amide bonds. The van der Waals surface area contributed by atoms with Crippen molar-refractivity contribution in [2.24, 2.45) is 5.10 Å². The number of ether oxygens (including phenoxy) is 1. The number of carbonyl (C=O) groups excluding carboxylic acids is 2. The molecule has 0 bridgehead atoms. The lowest BCUT2D eigenvalue weighted by molar-refractivity contribution is -0.577. The van der Waals surface area contributed by atoms with Gasteiger partial charge in [0.1, 0.15) is 15.9 Å². The number of carbonyl (C=O) groups is 2. The molecule has 12 heteroatoms. The first-order valence-electron chi connectivity index (χ1n) is 8.02. The Hall–Kier alpha value is -3.19. The van der Waals surface area contributed by atoms with Crippen LogP contribution in [0.2, 0.25) is 0 Å². The molecule has 29 heavy (non-hydrogen) atoms. The van der Waals surface area contributed by atoms with Gasteiger partial charge in [-0.25, -0.2) is 13.3 Å². The van der Waals surface area contributed by atoms with E-state index in [4.69, 9.17) is 17.0 Å². The number of methoxy groups -OCH3 is 1. The average Bonchev–Trinajstić information content (AvgIpc) is 2.67. The van der Waals surface area contributed by atoms with Crippen LogP contribution in [-0.4, -0.2) is 42.7 Å². The van der Waals surface area contributed by atoms with Gasteiger partial charge in [-0.3, -0.25) is 14.9 Å². The number of quaternary nitrogens is 1. The summed E-state index contributed by atoms with van der Waals surface area (Å²) in [5.74, 6) is -1.16. The van der Waals surface area contributed by atoms with Gasteiger partial charge in [-0.15, -0.1) is 0 Å². The summed E-state index contributed by atoms with van der Waals surface area (Å²) in [7, 11) is -3.14. The van der Waals surface area contributed by atoms with Gasteiger partial charge in [0.05, 0.1) is 17.7 Å². The molecule has 0 aliphatic carbocycles. The van der Waals surface area contributed by atoms with Crippen LogP contribution >= 0.6 is 12.2 Å². The highest BCUT2D eigenvalue weighted by atomic mass is 32.2. The van der Waals surface area contributed by atoms with Crippen molar-refractivity contribution in [2.45, 2.75) is 4.90 Å². The molecule has 1 aliphatic rings. The maximum atomic E-state index is 12.9. The summed E-state index contributed by atoms with van der Waals surface area (Å²) in [5.41, 5.74) is 1.48. The number of para-hydroxylation sites is 2. The van der Waals surface area contributed by atoms with Crippen molar-refractivity contribution >= 4 is 56.3 Å². The van der Waals surface area contributed by atoms with E-state index in [1.54, 1.807) is 24.3 Å².